The summed E-state index contributed by atoms with van der Waals surface area (Å²) in [6.07, 6.45) is -4.54. The molecule has 9 nitrogen and oxygen atoms in total. The monoisotopic (exact) mass is 515 g/mol. The Labute approximate surface area is 196 Å². The molecule has 34 heavy (non-hydrogen) atoms. The van der Waals surface area contributed by atoms with E-state index in [-0.39, 0.29) is 23.5 Å². The van der Waals surface area contributed by atoms with Gasteiger partial charge in [0.15, 0.2) is 0 Å². The van der Waals surface area contributed by atoms with Crippen LogP contribution >= 0.6 is 11.6 Å². The number of sulfonamides is 1. The lowest BCUT2D eigenvalue weighted by Crippen LogP contribution is -2.29. The third-order valence-corrected chi connectivity index (χ3v) is 5.74. The van der Waals surface area contributed by atoms with Crippen LogP contribution in [-0.2, 0) is 26.0 Å². The first-order chi connectivity index (χ1) is 16.0. The van der Waals surface area contributed by atoms with Gasteiger partial charge in [-0.1, -0.05) is 29.8 Å². The molecule has 1 heterocycles. The number of alkyl halides is 3. The van der Waals surface area contributed by atoms with Crippen molar-refractivity contribution >= 4 is 44.8 Å². The summed E-state index contributed by atoms with van der Waals surface area (Å²) in [6, 6.07) is 10.5. The van der Waals surface area contributed by atoms with E-state index in [0.717, 1.165) is 23.1 Å². The molecule has 0 aliphatic carbocycles. The minimum atomic E-state index is -4.32. The molecule has 1 unspecified atom stereocenters. The normalized spacial score (nSPS) is 12.4. The molecule has 3 rings (SSSR count). The molecule has 0 saturated heterocycles. The van der Waals surface area contributed by atoms with Gasteiger partial charge in [-0.2, -0.15) is 5.10 Å². The Kier molecular flexibility index (Phi) is 7.59. The summed E-state index contributed by atoms with van der Waals surface area (Å²) >= 11 is 6.04. The largest absolute Gasteiger partial charge is 0.326 e. The second-order valence-electron chi connectivity index (χ2n) is 6.94. The third kappa shape index (κ3) is 6.12. The summed E-state index contributed by atoms with van der Waals surface area (Å²) in [5, 5.41) is 14.0. The number of primary sulfonamides is 1. The molecule has 0 saturated carbocycles. The lowest BCUT2D eigenvalue weighted by Gasteiger charge is -2.12. The summed E-state index contributed by atoms with van der Waals surface area (Å²) in [5.41, 5.74) is 0.449. The lowest BCUT2D eigenvalue weighted by molar-refractivity contribution is -0.126. The van der Waals surface area contributed by atoms with Crippen LogP contribution in [0.15, 0.2) is 59.8 Å². The highest BCUT2D eigenvalue weighted by molar-refractivity contribution is 7.89. The average Bonchev–Trinajstić information content (AvgIpc) is 3.22. The van der Waals surface area contributed by atoms with E-state index in [2.05, 4.69) is 10.4 Å². The van der Waals surface area contributed by atoms with E-state index in [9.17, 15) is 31.2 Å². The number of benzene rings is 2. The predicted molar refractivity (Wildman–Crippen MR) is 118 cm³/mol. The van der Waals surface area contributed by atoms with Gasteiger partial charge in [0.1, 0.15) is 4.90 Å². The number of nitrogens with zero attached hydrogens (tertiary/aromatic N) is 2. The van der Waals surface area contributed by atoms with Crippen LogP contribution in [0.3, 0.4) is 0 Å². The van der Waals surface area contributed by atoms with Gasteiger partial charge in [-0.3, -0.25) is 9.59 Å². The number of hydrogen-bond acceptors (Lipinski definition) is 5. The molecule has 180 valence electrons. The van der Waals surface area contributed by atoms with Crippen molar-refractivity contribution in [3.63, 3.8) is 0 Å². The van der Waals surface area contributed by atoms with E-state index < -0.39 is 39.3 Å². The molecule has 2 amide bonds. The van der Waals surface area contributed by atoms with Crippen LogP contribution in [0.2, 0.25) is 5.02 Å². The Morgan fingerprint density at radius 1 is 1.09 bits per heavy atom. The van der Waals surface area contributed by atoms with Crippen molar-refractivity contribution in [1.29, 1.82) is 0 Å². The topological polar surface area (TPSA) is 136 Å². The van der Waals surface area contributed by atoms with E-state index in [1.807, 2.05) is 5.32 Å². The SMILES string of the molecule is NS(=O)(=O)c1cc(NC(=O)Cc2ccccc2Cl)ccc1-n1cc(NC(=O)C(F)C(F)F)cn1. The van der Waals surface area contributed by atoms with Gasteiger partial charge in [0.05, 0.1) is 30.2 Å². The Balaban J connectivity index is 1.83. The molecule has 0 fully saturated rings. The van der Waals surface area contributed by atoms with E-state index in [0.29, 0.717) is 10.6 Å². The maximum atomic E-state index is 13.1. The van der Waals surface area contributed by atoms with Crippen molar-refractivity contribution in [2.75, 3.05) is 10.6 Å². The van der Waals surface area contributed by atoms with Gasteiger partial charge in [0.2, 0.25) is 22.1 Å². The molecule has 4 N–H and O–H groups in total. The zero-order chi connectivity index (χ0) is 25.0. The molecule has 3 aromatic rings. The van der Waals surface area contributed by atoms with Crippen molar-refractivity contribution < 1.29 is 31.2 Å². The van der Waals surface area contributed by atoms with Gasteiger partial charge < -0.3 is 10.6 Å². The van der Waals surface area contributed by atoms with Gasteiger partial charge >= 0.3 is 0 Å². The smallest absolute Gasteiger partial charge is 0.278 e. The number of nitrogens with one attached hydrogen (secondary N) is 2. The Bertz CT molecular complexity index is 1330. The molecule has 1 aromatic heterocycles. The molecule has 14 heteroatoms. The number of carbonyl (C=O) groups excluding carboxylic acids is 2. The maximum absolute atomic E-state index is 13.1. The molecule has 2 aromatic carbocycles. The van der Waals surface area contributed by atoms with Gasteiger partial charge in [0.25, 0.3) is 12.3 Å². The molecular formula is C20H17ClF3N5O4S. The standard InChI is InChI=1S/C20H17ClF3N5O4S/c21-14-4-2-1-3-11(14)7-17(30)27-12-5-6-15(16(8-12)34(25,32)33)29-10-13(9-26-29)28-20(31)18(22)19(23)24/h1-6,8-10,18-19H,7H2,(H,27,30)(H,28,31)(H2,25,32,33). The van der Waals surface area contributed by atoms with Crippen LogP contribution in [0.4, 0.5) is 24.5 Å². The number of amides is 2. The summed E-state index contributed by atoms with van der Waals surface area (Å²) in [7, 11) is -4.32. The number of halogens is 4. The highest BCUT2D eigenvalue weighted by Crippen LogP contribution is 2.25. The number of hydrogen-bond donors (Lipinski definition) is 3. The molecule has 0 bridgehead atoms. The average molecular weight is 516 g/mol. The van der Waals surface area contributed by atoms with E-state index in [1.165, 1.54) is 12.1 Å². The van der Waals surface area contributed by atoms with Crippen molar-refractivity contribution in [2.45, 2.75) is 23.9 Å². The Morgan fingerprint density at radius 2 is 1.79 bits per heavy atom. The second-order valence-corrected chi connectivity index (χ2v) is 8.88. The fourth-order valence-corrected chi connectivity index (χ4v) is 3.82. The van der Waals surface area contributed by atoms with E-state index >= 15 is 0 Å². The zero-order valence-corrected chi connectivity index (χ0v) is 18.7. The van der Waals surface area contributed by atoms with E-state index in [4.69, 9.17) is 16.7 Å². The summed E-state index contributed by atoms with van der Waals surface area (Å²) in [4.78, 5) is 23.4. The fourth-order valence-electron chi connectivity index (χ4n) is 2.87. The molecule has 0 aliphatic rings. The van der Waals surface area contributed by atoms with Crippen molar-refractivity contribution in [3.8, 4) is 5.69 Å². The number of aromatic nitrogens is 2. The van der Waals surface area contributed by atoms with Crippen molar-refractivity contribution in [3.05, 3.63) is 65.4 Å². The Morgan fingerprint density at radius 3 is 2.44 bits per heavy atom. The minimum absolute atomic E-state index is 0.0669. The number of nitrogens with two attached hydrogens (primary N) is 1. The van der Waals surface area contributed by atoms with Crippen LogP contribution < -0.4 is 15.8 Å². The van der Waals surface area contributed by atoms with E-state index in [1.54, 1.807) is 24.3 Å². The van der Waals surface area contributed by atoms with Crippen molar-refractivity contribution in [2.24, 2.45) is 5.14 Å². The molecule has 1 atom stereocenters. The lowest BCUT2D eigenvalue weighted by atomic mass is 10.1. The molecule has 0 radical (unpaired) electrons. The zero-order valence-electron chi connectivity index (χ0n) is 17.1. The van der Waals surface area contributed by atoms with Crippen LogP contribution in [0.1, 0.15) is 5.56 Å². The Hall–Kier alpha value is -3.42. The summed E-state index contributed by atoms with van der Waals surface area (Å²) in [5.74, 6) is -2.05. The van der Waals surface area contributed by atoms with Crippen LogP contribution in [-0.4, -0.2) is 42.6 Å². The quantitative estimate of drug-likeness (QED) is 0.424. The maximum Gasteiger partial charge on any atom is 0.278 e. The summed E-state index contributed by atoms with van der Waals surface area (Å²) in [6.45, 7) is 0. The van der Waals surface area contributed by atoms with Crippen molar-refractivity contribution in [1.82, 2.24) is 9.78 Å². The number of carbonyl (C=O) groups is 2. The third-order valence-electron chi connectivity index (χ3n) is 4.43. The van der Waals surface area contributed by atoms with Crippen LogP contribution in [0, 0.1) is 0 Å². The summed E-state index contributed by atoms with van der Waals surface area (Å²) < 4.78 is 63.1. The molecular weight excluding hydrogens is 499 g/mol. The first-order valence-corrected chi connectivity index (χ1v) is 11.4. The second kappa shape index (κ2) is 10.2. The van der Waals surface area contributed by atoms with Gasteiger partial charge in [0, 0.05) is 10.7 Å². The van der Waals surface area contributed by atoms with Crippen LogP contribution in [0.5, 0.6) is 0 Å². The minimum Gasteiger partial charge on any atom is -0.326 e. The molecule has 0 spiro atoms. The first kappa shape index (κ1) is 25.2. The predicted octanol–water partition coefficient (Wildman–Crippen LogP) is 2.90. The van der Waals surface area contributed by atoms with Crippen LogP contribution in [0.25, 0.3) is 5.69 Å². The van der Waals surface area contributed by atoms with Gasteiger partial charge in [-0.25, -0.2) is 31.4 Å². The fraction of sp³-hybridized carbons (Fsp3) is 0.150. The highest BCUT2D eigenvalue weighted by atomic mass is 35.5. The molecule has 0 aliphatic heterocycles. The van der Waals surface area contributed by atoms with Gasteiger partial charge in [-0.05, 0) is 29.8 Å². The first-order valence-electron chi connectivity index (χ1n) is 9.44. The number of rotatable bonds is 8. The number of anilines is 2. The highest BCUT2D eigenvalue weighted by Gasteiger charge is 2.28. The van der Waals surface area contributed by atoms with Gasteiger partial charge in [-0.15, -0.1) is 0 Å².